The molecular formula is C20H27IN6O2. The van der Waals surface area contributed by atoms with Crippen LogP contribution in [0.15, 0.2) is 24.5 Å². The number of anilines is 2. The van der Waals surface area contributed by atoms with E-state index in [0.717, 1.165) is 9.13 Å². The third kappa shape index (κ3) is 4.89. The van der Waals surface area contributed by atoms with Crippen LogP contribution in [0.1, 0.15) is 39.3 Å². The van der Waals surface area contributed by atoms with E-state index in [1.54, 1.807) is 12.4 Å². The van der Waals surface area contributed by atoms with Crippen molar-refractivity contribution in [1.29, 1.82) is 0 Å². The smallest absolute Gasteiger partial charge is 0.227 e. The van der Waals surface area contributed by atoms with Crippen molar-refractivity contribution in [2.24, 2.45) is 5.92 Å². The number of nitrogens with one attached hydrogen (secondary N) is 2. The van der Waals surface area contributed by atoms with Crippen LogP contribution in [0.5, 0.6) is 5.75 Å². The zero-order valence-electron chi connectivity index (χ0n) is 17.0. The Hall–Kier alpha value is -2.14. The molecule has 2 aromatic heterocycles. The van der Waals surface area contributed by atoms with Crippen LogP contribution >= 0.6 is 22.6 Å². The van der Waals surface area contributed by atoms with Crippen molar-refractivity contribution < 1.29 is 10.2 Å². The number of aliphatic hydroxyl groups is 1. The fourth-order valence-electron chi connectivity index (χ4n) is 2.95. The molecule has 1 unspecified atom stereocenters. The van der Waals surface area contributed by atoms with Gasteiger partial charge in [-0.3, -0.25) is 0 Å². The monoisotopic (exact) mass is 510 g/mol. The summed E-state index contributed by atoms with van der Waals surface area (Å²) in [4.78, 5) is 13.8. The highest BCUT2D eigenvalue weighted by Gasteiger charge is 2.18. The van der Waals surface area contributed by atoms with Gasteiger partial charge in [0.15, 0.2) is 17.0 Å². The molecule has 156 valence electrons. The van der Waals surface area contributed by atoms with Crippen LogP contribution < -0.4 is 10.6 Å². The first-order valence-corrected chi connectivity index (χ1v) is 10.7. The number of aromatic hydroxyl groups is 1. The highest BCUT2D eigenvalue weighted by atomic mass is 127. The predicted octanol–water partition coefficient (Wildman–Crippen LogP) is 3.76. The molecular weight excluding hydrogens is 483 g/mol. The van der Waals surface area contributed by atoms with Gasteiger partial charge in [0, 0.05) is 21.7 Å². The molecule has 0 aliphatic carbocycles. The fraction of sp³-hybridized carbons (Fsp3) is 0.450. The molecule has 4 N–H and O–H groups in total. The number of hydrogen-bond donors (Lipinski definition) is 4. The molecule has 0 aliphatic heterocycles. The summed E-state index contributed by atoms with van der Waals surface area (Å²) in [5, 5.41) is 26.3. The molecule has 0 bridgehead atoms. The number of aliphatic hydroxyl groups excluding tert-OH is 1. The molecule has 0 fully saturated rings. The number of aromatic nitrogens is 4. The standard InChI is InChI=1S/C20H27IN6O2/c1-11(2)15(9-28)24-20-25-18(17-19(26-20)27(10-23-17)12(3)4)22-8-13-7-14(21)5-6-16(13)29/h5-7,10-12,15,28-29H,8-9H2,1-4H3,(H2,22,24,25,26). The van der Waals surface area contributed by atoms with Crippen molar-refractivity contribution >= 4 is 45.5 Å². The molecule has 3 aromatic rings. The van der Waals surface area contributed by atoms with E-state index in [4.69, 9.17) is 0 Å². The summed E-state index contributed by atoms with van der Waals surface area (Å²) < 4.78 is 3.03. The Labute approximate surface area is 183 Å². The van der Waals surface area contributed by atoms with Crippen molar-refractivity contribution in [2.75, 3.05) is 17.2 Å². The van der Waals surface area contributed by atoms with Crippen molar-refractivity contribution in [3.63, 3.8) is 0 Å². The number of phenolic OH excluding ortho intramolecular Hbond substituents is 1. The quantitative estimate of drug-likeness (QED) is 0.342. The molecule has 3 rings (SSSR count). The summed E-state index contributed by atoms with van der Waals surface area (Å²) >= 11 is 2.22. The molecule has 8 nitrogen and oxygen atoms in total. The van der Waals surface area contributed by atoms with E-state index < -0.39 is 0 Å². The molecule has 29 heavy (non-hydrogen) atoms. The van der Waals surface area contributed by atoms with Gasteiger partial charge in [-0.25, -0.2) is 4.98 Å². The van der Waals surface area contributed by atoms with Gasteiger partial charge in [0.2, 0.25) is 5.95 Å². The summed E-state index contributed by atoms with van der Waals surface area (Å²) in [6.45, 7) is 8.58. The maximum absolute atomic E-state index is 10.1. The Kier molecular flexibility index (Phi) is 6.78. The van der Waals surface area contributed by atoms with Gasteiger partial charge in [-0.2, -0.15) is 9.97 Å². The van der Waals surface area contributed by atoms with Crippen LogP contribution in [0, 0.1) is 9.49 Å². The highest BCUT2D eigenvalue weighted by Crippen LogP contribution is 2.26. The van der Waals surface area contributed by atoms with Crippen LogP contribution in [-0.4, -0.2) is 42.4 Å². The summed E-state index contributed by atoms with van der Waals surface area (Å²) in [6, 6.07) is 5.50. The largest absolute Gasteiger partial charge is 0.508 e. The minimum atomic E-state index is -0.157. The molecule has 1 aromatic carbocycles. The van der Waals surface area contributed by atoms with Crippen LogP contribution in [0.2, 0.25) is 0 Å². The number of imidazole rings is 1. The Bertz CT molecular complexity index is 989. The Morgan fingerprint density at radius 2 is 1.93 bits per heavy atom. The molecule has 1 atom stereocenters. The number of nitrogens with zero attached hydrogens (tertiary/aromatic N) is 4. The molecule has 0 radical (unpaired) electrons. The van der Waals surface area contributed by atoms with Crippen LogP contribution in [0.3, 0.4) is 0 Å². The first-order chi connectivity index (χ1) is 13.8. The average molecular weight is 510 g/mol. The van der Waals surface area contributed by atoms with E-state index in [1.807, 2.05) is 30.5 Å². The van der Waals surface area contributed by atoms with Gasteiger partial charge in [0.1, 0.15) is 5.75 Å². The lowest BCUT2D eigenvalue weighted by molar-refractivity contribution is 0.248. The summed E-state index contributed by atoms with van der Waals surface area (Å²) in [5.74, 6) is 1.46. The van der Waals surface area contributed by atoms with E-state index in [2.05, 4.69) is 62.0 Å². The average Bonchev–Trinajstić information content (AvgIpc) is 3.10. The fourth-order valence-corrected chi connectivity index (χ4v) is 3.50. The minimum Gasteiger partial charge on any atom is -0.508 e. The van der Waals surface area contributed by atoms with Gasteiger partial charge in [-0.05, 0) is 60.6 Å². The maximum atomic E-state index is 10.1. The predicted molar refractivity (Wildman–Crippen MR) is 123 cm³/mol. The second-order valence-electron chi connectivity index (χ2n) is 7.62. The van der Waals surface area contributed by atoms with E-state index >= 15 is 0 Å². The van der Waals surface area contributed by atoms with E-state index in [-0.39, 0.29) is 30.4 Å². The lowest BCUT2D eigenvalue weighted by atomic mass is 10.1. The Morgan fingerprint density at radius 3 is 2.59 bits per heavy atom. The Balaban J connectivity index is 1.98. The molecule has 0 aliphatic rings. The van der Waals surface area contributed by atoms with Gasteiger partial charge >= 0.3 is 0 Å². The lowest BCUT2D eigenvalue weighted by Crippen LogP contribution is -2.30. The summed E-state index contributed by atoms with van der Waals surface area (Å²) in [7, 11) is 0. The van der Waals surface area contributed by atoms with E-state index in [9.17, 15) is 10.2 Å². The number of fused-ring (bicyclic) bond motifs is 1. The molecule has 0 saturated carbocycles. The third-order valence-corrected chi connectivity index (χ3v) is 5.45. The molecule has 9 heteroatoms. The third-order valence-electron chi connectivity index (χ3n) is 4.78. The highest BCUT2D eigenvalue weighted by molar-refractivity contribution is 14.1. The Morgan fingerprint density at radius 1 is 1.17 bits per heavy atom. The SMILES string of the molecule is CC(C)C(CO)Nc1nc(NCc2cc(I)ccc2O)c2ncn(C(C)C)c2n1. The number of benzene rings is 1. The summed E-state index contributed by atoms with van der Waals surface area (Å²) in [5.41, 5.74) is 2.16. The van der Waals surface area contributed by atoms with Crippen molar-refractivity contribution in [3.8, 4) is 5.75 Å². The molecule has 0 amide bonds. The van der Waals surface area contributed by atoms with E-state index in [0.29, 0.717) is 29.5 Å². The normalized spacial score (nSPS) is 12.7. The number of hydrogen-bond acceptors (Lipinski definition) is 7. The van der Waals surface area contributed by atoms with Crippen molar-refractivity contribution in [1.82, 2.24) is 19.5 Å². The van der Waals surface area contributed by atoms with Gasteiger partial charge < -0.3 is 25.4 Å². The van der Waals surface area contributed by atoms with Crippen LogP contribution in [0.4, 0.5) is 11.8 Å². The maximum Gasteiger partial charge on any atom is 0.227 e. The first kappa shape index (κ1) is 21.6. The number of rotatable bonds is 8. The second-order valence-corrected chi connectivity index (χ2v) is 8.86. The van der Waals surface area contributed by atoms with Gasteiger partial charge in [-0.1, -0.05) is 13.8 Å². The number of phenols is 1. The lowest BCUT2D eigenvalue weighted by Gasteiger charge is -2.20. The second kappa shape index (κ2) is 9.12. The van der Waals surface area contributed by atoms with Crippen molar-refractivity contribution in [2.45, 2.75) is 46.3 Å². The van der Waals surface area contributed by atoms with Gasteiger partial charge in [0.05, 0.1) is 19.0 Å². The zero-order chi connectivity index (χ0) is 21.1. The van der Waals surface area contributed by atoms with Crippen LogP contribution in [0.25, 0.3) is 11.2 Å². The minimum absolute atomic E-state index is 0.0123. The zero-order valence-corrected chi connectivity index (χ0v) is 19.2. The molecule has 2 heterocycles. The summed E-state index contributed by atoms with van der Waals surface area (Å²) in [6.07, 6.45) is 1.76. The van der Waals surface area contributed by atoms with Crippen molar-refractivity contribution in [3.05, 3.63) is 33.7 Å². The van der Waals surface area contributed by atoms with Crippen LogP contribution in [-0.2, 0) is 6.54 Å². The first-order valence-electron chi connectivity index (χ1n) is 9.63. The van der Waals surface area contributed by atoms with Gasteiger partial charge in [-0.15, -0.1) is 0 Å². The van der Waals surface area contributed by atoms with Gasteiger partial charge in [0.25, 0.3) is 0 Å². The number of halogens is 1. The topological polar surface area (TPSA) is 108 Å². The molecule has 0 saturated heterocycles. The van der Waals surface area contributed by atoms with E-state index in [1.165, 1.54) is 0 Å². The molecule has 0 spiro atoms.